The maximum absolute atomic E-state index is 13.7. The zero-order valence-corrected chi connectivity index (χ0v) is 19.3. The molecule has 2 aromatic carbocycles. The van der Waals surface area contributed by atoms with Crippen molar-refractivity contribution in [2.75, 3.05) is 19.6 Å². The number of amides is 3. The summed E-state index contributed by atoms with van der Waals surface area (Å²) in [7, 11) is 0. The Kier molecular flexibility index (Phi) is 7.43. The molecule has 3 amide bonds. The third-order valence-corrected chi connectivity index (χ3v) is 6.89. The molecule has 6 nitrogen and oxygen atoms in total. The smallest absolute Gasteiger partial charge is 0.228 e. The number of hydrogen-bond acceptors (Lipinski definition) is 3. The van der Waals surface area contributed by atoms with Gasteiger partial charge in [-0.3, -0.25) is 14.4 Å². The van der Waals surface area contributed by atoms with Crippen LogP contribution in [-0.2, 0) is 20.9 Å². The number of nitrogens with zero attached hydrogens (tertiary/aromatic N) is 2. The quantitative estimate of drug-likeness (QED) is 0.736. The standard InChI is InChI=1S/C27H33N3O3/c1-2-28-26(32)22-15-17-29(18-16-22)27(33)23-13-14-24(31)30(19-20-9-5-3-6-10-20)25(23)21-11-7-4-8-12-21/h3-12,22-23,25H,2,13-19H2,1H3,(H,28,32). The summed E-state index contributed by atoms with van der Waals surface area (Å²) in [6.45, 7) is 4.22. The van der Waals surface area contributed by atoms with E-state index >= 15 is 0 Å². The zero-order valence-electron chi connectivity index (χ0n) is 19.3. The lowest BCUT2D eigenvalue weighted by atomic mass is 9.82. The predicted octanol–water partition coefficient (Wildman–Crippen LogP) is 3.54. The van der Waals surface area contributed by atoms with Crippen LogP contribution in [0.15, 0.2) is 60.7 Å². The van der Waals surface area contributed by atoms with Gasteiger partial charge in [0.2, 0.25) is 17.7 Å². The molecule has 0 radical (unpaired) electrons. The molecule has 2 atom stereocenters. The first-order valence-corrected chi connectivity index (χ1v) is 12.0. The molecule has 1 N–H and O–H groups in total. The minimum absolute atomic E-state index is 0.0265. The van der Waals surface area contributed by atoms with Crippen molar-refractivity contribution in [3.63, 3.8) is 0 Å². The first-order chi connectivity index (χ1) is 16.1. The highest BCUT2D eigenvalue weighted by Gasteiger charge is 2.42. The normalized spacial score (nSPS) is 21.7. The Morgan fingerprint density at radius 3 is 2.21 bits per heavy atom. The molecule has 33 heavy (non-hydrogen) atoms. The van der Waals surface area contributed by atoms with Gasteiger partial charge in [-0.05, 0) is 37.3 Å². The topological polar surface area (TPSA) is 69.7 Å². The zero-order chi connectivity index (χ0) is 23.2. The lowest BCUT2D eigenvalue weighted by molar-refractivity contribution is -0.150. The highest BCUT2D eigenvalue weighted by molar-refractivity contribution is 5.85. The van der Waals surface area contributed by atoms with Crippen LogP contribution in [0.4, 0.5) is 0 Å². The first kappa shape index (κ1) is 23.0. The highest BCUT2D eigenvalue weighted by atomic mass is 16.2. The summed E-state index contributed by atoms with van der Waals surface area (Å²) in [6.07, 6.45) is 2.31. The lowest BCUT2D eigenvalue weighted by Crippen LogP contribution is -2.51. The molecule has 174 valence electrons. The van der Waals surface area contributed by atoms with Gasteiger partial charge in [-0.25, -0.2) is 0 Å². The second kappa shape index (κ2) is 10.6. The fourth-order valence-corrected chi connectivity index (χ4v) is 5.16. The molecule has 0 spiro atoms. The molecule has 0 aliphatic carbocycles. The van der Waals surface area contributed by atoms with Crippen LogP contribution < -0.4 is 5.32 Å². The largest absolute Gasteiger partial charge is 0.356 e. The van der Waals surface area contributed by atoms with Crippen molar-refractivity contribution >= 4 is 17.7 Å². The Morgan fingerprint density at radius 2 is 1.58 bits per heavy atom. The van der Waals surface area contributed by atoms with Gasteiger partial charge in [0.05, 0.1) is 12.0 Å². The summed E-state index contributed by atoms with van der Waals surface area (Å²) in [5.74, 6) is -0.0317. The Balaban J connectivity index is 1.55. The fraction of sp³-hybridized carbons (Fsp3) is 0.444. The fourth-order valence-electron chi connectivity index (χ4n) is 5.16. The first-order valence-electron chi connectivity index (χ1n) is 12.0. The number of piperidine rings is 2. The van der Waals surface area contributed by atoms with E-state index < -0.39 is 0 Å². The second-order valence-corrected chi connectivity index (χ2v) is 9.00. The van der Waals surface area contributed by atoms with Gasteiger partial charge in [0.15, 0.2) is 0 Å². The molecular formula is C27H33N3O3. The molecule has 4 rings (SSSR count). The predicted molar refractivity (Wildman–Crippen MR) is 127 cm³/mol. The summed E-state index contributed by atoms with van der Waals surface area (Å²) in [4.78, 5) is 42.8. The number of hydrogen-bond donors (Lipinski definition) is 1. The van der Waals surface area contributed by atoms with Crippen molar-refractivity contribution in [1.29, 1.82) is 0 Å². The van der Waals surface area contributed by atoms with E-state index in [-0.39, 0.29) is 35.6 Å². The molecule has 2 saturated heterocycles. The summed E-state index contributed by atoms with van der Waals surface area (Å²) >= 11 is 0. The minimum atomic E-state index is -0.290. The SMILES string of the molecule is CCNC(=O)C1CCN(C(=O)C2CCC(=O)N(Cc3ccccc3)C2c2ccccc2)CC1. The van der Waals surface area contributed by atoms with Gasteiger partial charge in [-0.15, -0.1) is 0 Å². The highest BCUT2D eigenvalue weighted by Crippen LogP contribution is 2.39. The van der Waals surface area contributed by atoms with Crippen molar-refractivity contribution in [2.24, 2.45) is 11.8 Å². The van der Waals surface area contributed by atoms with Crippen LogP contribution in [0.5, 0.6) is 0 Å². The second-order valence-electron chi connectivity index (χ2n) is 9.00. The van der Waals surface area contributed by atoms with Gasteiger partial charge in [0.1, 0.15) is 0 Å². The van der Waals surface area contributed by atoms with Gasteiger partial charge in [-0.2, -0.15) is 0 Å². The van der Waals surface area contributed by atoms with Crippen LogP contribution in [0.1, 0.15) is 49.8 Å². The van der Waals surface area contributed by atoms with Crippen LogP contribution in [0.2, 0.25) is 0 Å². The van der Waals surface area contributed by atoms with E-state index in [0.717, 1.165) is 11.1 Å². The monoisotopic (exact) mass is 447 g/mol. The van der Waals surface area contributed by atoms with Crippen molar-refractivity contribution in [3.05, 3.63) is 71.8 Å². The van der Waals surface area contributed by atoms with Gasteiger partial charge >= 0.3 is 0 Å². The van der Waals surface area contributed by atoms with Gasteiger partial charge in [0.25, 0.3) is 0 Å². The van der Waals surface area contributed by atoms with Gasteiger partial charge in [-0.1, -0.05) is 60.7 Å². The molecular weight excluding hydrogens is 414 g/mol. The van der Waals surface area contributed by atoms with Gasteiger partial charge < -0.3 is 15.1 Å². The van der Waals surface area contributed by atoms with Crippen molar-refractivity contribution < 1.29 is 14.4 Å². The van der Waals surface area contributed by atoms with E-state index in [9.17, 15) is 14.4 Å². The van der Waals surface area contributed by atoms with Crippen LogP contribution in [0.3, 0.4) is 0 Å². The lowest BCUT2D eigenvalue weighted by Gasteiger charge is -2.43. The molecule has 2 aliphatic heterocycles. The number of likely N-dealkylation sites (tertiary alicyclic amines) is 2. The molecule has 2 heterocycles. The number of nitrogens with one attached hydrogen (secondary N) is 1. The van der Waals surface area contributed by atoms with Crippen molar-refractivity contribution in [2.45, 2.75) is 45.2 Å². The van der Waals surface area contributed by atoms with E-state index in [2.05, 4.69) is 5.32 Å². The van der Waals surface area contributed by atoms with E-state index in [4.69, 9.17) is 0 Å². The molecule has 0 aromatic heterocycles. The minimum Gasteiger partial charge on any atom is -0.356 e. The van der Waals surface area contributed by atoms with Crippen LogP contribution in [0.25, 0.3) is 0 Å². The number of carbonyl (C=O) groups excluding carboxylic acids is 3. The molecule has 0 bridgehead atoms. The summed E-state index contributed by atoms with van der Waals surface area (Å²) in [5.41, 5.74) is 2.06. The molecule has 0 saturated carbocycles. The van der Waals surface area contributed by atoms with Crippen LogP contribution in [-0.4, -0.2) is 47.2 Å². The Morgan fingerprint density at radius 1 is 0.939 bits per heavy atom. The maximum Gasteiger partial charge on any atom is 0.228 e. The van der Waals surface area contributed by atoms with Gasteiger partial charge in [0, 0.05) is 38.5 Å². The van der Waals surface area contributed by atoms with Crippen LogP contribution >= 0.6 is 0 Å². The van der Waals surface area contributed by atoms with Crippen molar-refractivity contribution in [3.8, 4) is 0 Å². The maximum atomic E-state index is 13.7. The third kappa shape index (κ3) is 5.27. The average Bonchev–Trinajstić information content (AvgIpc) is 2.86. The summed E-state index contributed by atoms with van der Waals surface area (Å²) < 4.78 is 0. The number of carbonyl (C=O) groups is 3. The summed E-state index contributed by atoms with van der Waals surface area (Å²) in [6, 6.07) is 19.6. The van der Waals surface area contributed by atoms with E-state index in [0.29, 0.717) is 51.9 Å². The van der Waals surface area contributed by atoms with E-state index in [1.165, 1.54) is 0 Å². The average molecular weight is 448 g/mol. The number of benzene rings is 2. The molecule has 2 unspecified atom stereocenters. The molecule has 2 aromatic rings. The Labute approximate surface area is 196 Å². The molecule has 6 heteroatoms. The molecule has 2 aliphatic rings. The van der Waals surface area contributed by atoms with Crippen molar-refractivity contribution in [1.82, 2.24) is 15.1 Å². The third-order valence-electron chi connectivity index (χ3n) is 6.89. The molecule has 2 fully saturated rings. The number of rotatable bonds is 6. The summed E-state index contributed by atoms with van der Waals surface area (Å²) in [5, 5.41) is 2.90. The Bertz CT molecular complexity index is 955. The Hall–Kier alpha value is -3.15. The van der Waals surface area contributed by atoms with E-state index in [1.807, 2.05) is 77.4 Å². The van der Waals surface area contributed by atoms with Crippen LogP contribution in [0, 0.1) is 11.8 Å². The van der Waals surface area contributed by atoms with E-state index in [1.54, 1.807) is 0 Å².